The highest BCUT2D eigenvalue weighted by Gasteiger charge is 2.13. The molecule has 1 saturated carbocycles. The number of nitrogens with one attached hydrogen (secondary N) is 2. The van der Waals surface area contributed by atoms with Gasteiger partial charge < -0.3 is 15.4 Å². The number of rotatable bonds is 7. The van der Waals surface area contributed by atoms with Crippen LogP contribution in [0.2, 0.25) is 0 Å². The maximum atomic E-state index is 12.2. The zero-order valence-corrected chi connectivity index (χ0v) is 15.9. The molecule has 1 aliphatic rings. The molecular formula is C21H28N4O2. The van der Waals surface area contributed by atoms with Crippen molar-refractivity contribution in [2.24, 2.45) is 0 Å². The number of methoxy groups -OCH3 is 1. The zero-order chi connectivity index (χ0) is 18.9. The first-order valence-electron chi connectivity index (χ1n) is 9.74. The number of hydrogen-bond donors (Lipinski definition) is 2. The van der Waals surface area contributed by atoms with E-state index in [1.54, 1.807) is 19.5 Å². The van der Waals surface area contributed by atoms with Gasteiger partial charge in [-0.2, -0.15) is 0 Å². The van der Waals surface area contributed by atoms with Crippen molar-refractivity contribution in [3.05, 3.63) is 47.9 Å². The van der Waals surface area contributed by atoms with Crippen LogP contribution in [0.4, 0.5) is 5.82 Å². The van der Waals surface area contributed by atoms with E-state index in [-0.39, 0.29) is 5.91 Å². The first-order chi connectivity index (χ1) is 13.2. The van der Waals surface area contributed by atoms with E-state index in [2.05, 4.69) is 20.6 Å². The Hall–Kier alpha value is -2.63. The molecule has 144 valence electrons. The zero-order valence-electron chi connectivity index (χ0n) is 15.9. The quantitative estimate of drug-likeness (QED) is 0.731. The molecule has 2 N–H and O–H groups in total. The fourth-order valence-corrected chi connectivity index (χ4v) is 3.36. The average molecular weight is 368 g/mol. The van der Waals surface area contributed by atoms with Crippen molar-refractivity contribution < 1.29 is 9.53 Å². The Labute approximate surface area is 160 Å². The van der Waals surface area contributed by atoms with Crippen LogP contribution in [0.25, 0.3) is 0 Å². The van der Waals surface area contributed by atoms with E-state index in [4.69, 9.17) is 4.74 Å². The fraction of sp³-hybridized carbons (Fsp3) is 0.476. The van der Waals surface area contributed by atoms with Gasteiger partial charge in [0, 0.05) is 12.6 Å². The van der Waals surface area contributed by atoms with Crippen molar-refractivity contribution in [1.82, 2.24) is 15.3 Å². The smallest absolute Gasteiger partial charge is 0.271 e. The summed E-state index contributed by atoms with van der Waals surface area (Å²) in [6, 6.07) is 8.30. The Balaban J connectivity index is 1.45. The van der Waals surface area contributed by atoms with E-state index >= 15 is 0 Å². The van der Waals surface area contributed by atoms with Gasteiger partial charge in [-0.05, 0) is 37.0 Å². The summed E-state index contributed by atoms with van der Waals surface area (Å²) >= 11 is 0. The second-order valence-corrected chi connectivity index (χ2v) is 6.97. The molecule has 1 heterocycles. The lowest BCUT2D eigenvalue weighted by atomic mass is 10.1. The van der Waals surface area contributed by atoms with E-state index in [9.17, 15) is 4.79 Å². The molecule has 0 spiro atoms. The predicted molar refractivity (Wildman–Crippen MR) is 106 cm³/mol. The van der Waals surface area contributed by atoms with E-state index in [1.807, 2.05) is 24.3 Å². The van der Waals surface area contributed by atoms with Crippen LogP contribution in [-0.2, 0) is 6.42 Å². The van der Waals surface area contributed by atoms with Gasteiger partial charge in [-0.1, -0.05) is 37.8 Å². The monoisotopic (exact) mass is 368 g/mol. The summed E-state index contributed by atoms with van der Waals surface area (Å²) in [5.74, 6) is 1.38. The number of carbonyl (C=O) groups excluding carboxylic acids is 1. The molecule has 1 aromatic carbocycles. The van der Waals surface area contributed by atoms with Crippen LogP contribution >= 0.6 is 0 Å². The molecule has 0 bridgehead atoms. The summed E-state index contributed by atoms with van der Waals surface area (Å²) in [7, 11) is 1.65. The average Bonchev–Trinajstić information content (AvgIpc) is 2.98. The van der Waals surface area contributed by atoms with E-state index in [0.29, 0.717) is 18.3 Å². The van der Waals surface area contributed by atoms with Gasteiger partial charge in [0.05, 0.1) is 19.5 Å². The van der Waals surface area contributed by atoms with Crippen LogP contribution < -0.4 is 15.4 Å². The van der Waals surface area contributed by atoms with E-state index < -0.39 is 0 Å². The van der Waals surface area contributed by atoms with Crippen LogP contribution in [-0.4, -0.2) is 35.6 Å². The molecule has 27 heavy (non-hydrogen) atoms. The van der Waals surface area contributed by atoms with Crippen molar-refractivity contribution in [3.63, 3.8) is 0 Å². The molecule has 0 saturated heterocycles. The summed E-state index contributed by atoms with van der Waals surface area (Å²) < 4.78 is 5.14. The number of carbonyl (C=O) groups is 1. The van der Waals surface area contributed by atoms with E-state index in [0.717, 1.165) is 23.6 Å². The second-order valence-electron chi connectivity index (χ2n) is 6.97. The van der Waals surface area contributed by atoms with Gasteiger partial charge in [0.25, 0.3) is 5.91 Å². The van der Waals surface area contributed by atoms with Crippen LogP contribution in [0.1, 0.15) is 54.6 Å². The third-order valence-electron chi connectivity index (χ3n) is 4.95. The lowest BCUT2D eigenvalue weighted by Crippen LogP contribution is -2.27. The molecule has 2 aromatic rings. The van der Waals surface area contributed by atoms with Crippen molar-refractivity contribution in [2.75, 3.05) is 19.0 Å². The largest absolute Gasteiger partial charge is 0.497 e. The van der Waals surface area contributed by atoms with E-state index in [1.165, 1.54) is 38.5 Å². The molecule has 6 nitrogen and oxygen atoms in total. The number of hydrogen-bond acceptors (Lipinski definition) is 5. The Bertz CT molecular complexity index is 708. The molecule has 0 atom stereocenters. The summed E-state index contributed by atoms with van der Waals surface area (Å²) in [5.41, 5.74) is 1.49. The molecule has 1 fully saturated rings. The van der Waals surface area contributed by atoms with Gasteiger partial charge in [-0.3, -0.25) is 4.79 Å². The Morgan fingerprint density at radius 2 is 1.81 bits per heavy atom. The van der Waals surface area contributed by atoms with Crippen molar-refractivity contribution in [3.8, 4) is 5.75 Å². The Morgan fingerprint density at radius 1 is 1.07 bits per heavy atom. The third-order valence-corrected chi connectivity index (χ3v) is 4.95. The van der Waals surface area contributed by atoms with Crippen molar-refractivity contribution in [1.29, 1.82) is 0 Å². The topological polar surface area (TPSA) is 76.1 Å². The summed E-state index contributed by atoms with van der Waals surface area (Å²) in [6.45, 7) is 0.551. The minimum Gasteiger partial charge on any atom is -0.497 e. The Morgan fingerprint density at radius 3 is 2.44 bits per heavy atom. The van der Waals surface area contributed by atoms with Crippen LogP contribution in [0.5, 0.6) is 5.75 Å². The number of benzene rings is 1. The van der Waals surface area contributed by atoms with Crippen LogP contribution in [0.3, 0.4) is 0 Å². The molecular weight excluding hydrogens is 340 g/mol. The van der Waals surface area contributed by atoms with Gasteiger partial charge in [-0.25, -0.2) is 9.97 Å². The van der Waals surface area contributed by atoms with Crippen LogP contribution in [0, 0.1) is 0 Å². The number of ether oxygens (including phenoxy) is 1. The molecule has 3 rings (SSSR count). The number of nitrogens with zero attached hydrogens (tertiary/aromatic N) is 2. The fourth-order valence-electron chi connectivity index (χ4n) is 3.36. The standard InChI is InChI=1S/C21H28N4O2/c1-27-18-10-8-16(9-11-18)12-13-22-21(26)19-14-24-20(15-23-19)25-17-6-4-2-3-5-7-17/h8-11,14-15,17H,2-7,12-13H2,1H3,(H,22,26)(H,24,25). The van der Waals surface area contributed by atoms with Gasteiger partial charge >= 0.3 is 0 Å². The SMILES string of the molecule is COc1ccc(CCNC(=O)c2cnc(NC3CCCCCC3)cn2)cc1. The van der Waals surface area contributed by atoms with Gasteiger partial charge in [0.15, 0.2) is 0 Å². The highest BCUT2D eigenvalue weighted by Crippen LogP contribution is 2.20. The molecule has 1 aromatic heterocycles. The highest BCUT2D eigenvalue weighted by molar-refractivity contribution is 5.91. The minimum atomic E-state index is -0.197. The first-order valence-corrected chi connectivity index (χ1v) is 9.74. The van der Waals surface area contributed by atoms with Crippen LogP contribution in [0.15, 0.2) is 36.7 Å². The minimum absolute atomic E-state index is 0.197. The molecule has 0 radical (unpaired) electrons. The number of aromatic nitrogens is 2. The van der Waals surface area contributed by atoms with Gasteiger partial charge in [0.1, 0.15) is 17.3 Å². The van der Waals surface area contributed by atoms with Gasteiger partial charge in [-0.15, -0.1) is 0 Å². The highest BCUT2D eigenvalue weighted by atomic mass is 16.5. The van der Waals surface area contributed by atoms with Crippen molar-refractivity contribution in [2.45, 2.75) is 51.0 Å². The number of anilines is 1. The first kappa shape index (κ1) is 19.1. The maximum absolute atomic E-state index is 12.2. The lowest BCUT2D eigenvalue weighted by molar-refractivity contribution is 0.0949. The molecule has 0 aliphatic heterocycles. The summed E-state index contributed by atoms with van der Waals surface area (Å²) in [4.78, 5) is 20.9. The third kappa shape index (κ3) is 5.94. The molecule has 6 heteroatoms. The predicted octanol–water partition coefficient (Wildman–Crippen LogP) is 3.59. The maximum Gasteiger partial charge on any atom is 0.271 e. The molecule has 1 aliphatic carbocycles. The van der Waals surface area contributed by atoms with Gasteiger partial charge in [0.2, 0.25) is 0 Å². The molecule has 0 unspecified atom stereocenters. The summed E-state index contributed by atoms with van der Waals surface area (Å²) in [5, 5.41) is 6.34. The normalized spacial score (nSPS) is 15.0. The number of amides is 1. The second kappa shape index (κ2) is 9.90. The van der Waals surface area contributed by atoms with Crippen molar-refractivity contribution >= 4 is 11.7 Å². The molecule has 1 amide bonds. The summed E-state index contributed by atoms with van der Waals surface area (Å²) in [6.07, 6.45) is 11.5. The lowest BCUT2D eigenvalue weighted by Gasteiger charge is -2.16. The Kier molecular flexibility index (Phi) is 7.02.